The minimum absolute atomic E-state index is 0.112. The number of hydrogen-bond donors (Lipinski definition) is 2. The monoisotopic (exact) mass is 358 g/mol. The summed E-state index contributed by atoms with van der Waals surface area (Å²) in [6.45, 7) is 3.03. The SMILES string of the molecule is O=C(N[C@@H]1CCC[C@@H]1N1CCC(O)C1)c1ccn(CCn2cccn2)n1. The first-order valence-corrected chi connectivity index (χ1v) is 9.43. The first kappa shape index (κ1) is 17.2. The third-order valence-corrected chi connectivity index (χ3v) is 5.45. The summed E-state index contributed by atoms with van der Waals surface area (Å²) in [5.74, 6) is -0.112. The van der Waals surface area contributed by atoms with Gasteiger partial charge in [-0.3, -0.25) is 19.1 Å². The van der Waals surface area contributed by atoms with Crippen molar-refractivity contribution in [3.8, 4) is 0 Å². The third-order valence-electron chi connectivity index (χ3n) is 5.45. The van der Waals surface area contributed by atoms with E-state index in [0.717, 1.165) is 45.3 Å². The molecule has 1 aliphatic carbocycles. The van der Waals surface area contributed by atoms with Gasteiger partial charge in [-0.2, -0.15) is 10.2 Å². The molecule has 1 saturated heterocycles. The van der Waals surface area contributed by atoms with Gasteiger partial charge in [0.1, 0.15) is 5.69 Å². The first-order valence-electron chi connectivity index (χ1n) is 9.43. The van der Waals surface area contributed by atoms with Gasteiger partial charge in [0, 0.05) is 43.8 Å². The molecule has 0 spiro atoms. The van der Waals surface area contributed by atoms with Crippen molar-refractivity contribution in [2.45, 2.75) is 57.0 Å². The molecule has 0 aromatic carbocycles. The highest BCUT2D eigenvalue weighted by atomic mass is 16.3. The van der Waals surface area contributed by atoms with Crippen LogP contribution >= 0.6 is 0 Å². The second kappa shape index (κ2) is 7.59. The fraction of sp³-hybridized carbons (Fsp3) is 0.611. The van der Waals surface area contributed by atoms with Crippen molar-refractivity contribution in [2.75, 3.05) is 13.1 Å². The van der Waals surface area contributed by atoms with Gasteiger partial charge in [0.15, 0.2) is 0 Å². The molecule has 1 unspecified atom stereocenters. The summed E-state index contributed by atoms with van der Waals surface area (Å²) in [5, 5.41) is 21.5. The lowest BCUT2D eigenvalue weighted by atomic mass is 10.1. The van der Waals surface area contributed by atoms with Gasteiger partial charge >= 0.3 is 0 Å². The molecule has 2 N–H and O–H groups in total. The Morgan fingerprint density at radius 2 is 2.12 bits per heavy atom. The normalized spacial score (nSPS) is 26.4. The number of aliphatic hydroxyl groups is 1. The second-order valence-electron chi connectivity index (χ2n) is 7.25. The van der Waals surface area contributed by atoms with Gasteiger partial charge in [-0.25, -0.2) is 0 Å². The van der Waals surface area contributed by atoms with E-state index in [9.17, 15) is 9.90 Å². The lowest BCUT2D eigenvalue weighted by molar-refractivity contribution is 0.0900. The summed E-state index contributed by atoms with van der Waals surface area (Å²) in [7, 11) is 0. The predicted octanol–water partition coefficient (Wildman–Crippen LogP) is 0.497. The maximum absolute atomic E-state index is 12.6. The van der Waals surface area contributed by atoms with Crippen LogP contribution in [0.15, 0.2) is 30.7 Å². The van der Waals surface area contributed by atoms with E-state index in [-0.39, 0.29) is 18.1 Å². The second-order valence-corrected chi connectivity index (χ2v) is 7.25. The van der Waals surface area contributed by atoms with Crippen LogP contribution in [0.2, 0.25) is 0 Å². The molecule has 2 aromatic rings. The number of carbonyl (C=O) groups is 1. The fourth-order valence-corrected chi connectivity index (χ4v) is 4.10. The molecule has 1 amide bonds. The fourth-order valence-electron chi connectivity index (χ4n) is 4.10. The molecule has 2 fully saturated rings. The van der Waals surface area contributed by atoms with Gasteiger partial charge in [0.05, 0.1) is 19.2 Å². The Morgan fingerprint density at radius 3 is 2.88 bits per heavy atom. The van der Waals surface area contributed by atoms with Crippen LogP contribution in [0, 0.1) is 0 Å². The number of β-amino-alcohol motifs (C(OH)–C–C–N with tert-alkyl or cyclic N) is 1. The van der Waals surface area contributed by atoms with E-state index in [0.29, 0.717) is 18.3 Å². The van der Waals surface area contributed by atoms with Crippen molar-refractivity contribution in [1.82, 2.24) is 29.8 Å². The van der Waals surface area contributed by atoms with E-state index < -0.39 is 0 Å². The molecule has 26 heavy (non-hydrogen) atoms. The van der Waals surface area contributed by atoms with Crippen molar-refractivity contribution >= 4 is 5.91 Å². The summed E-state index contributed by atoms with van der Waals surface area (Å²) in [4.78, 5) is 14.9. The average Bonchev–Trinajstić information content (AvgIpc) is 3.40. The smallest absolute Gasteiger partial charge is 0.272 e. The quantitative estimate of drug-likeness (QED) is 0.785. The lowest BCUT2D eigenvalue weighted by Gasteiger charge is -2.29. The lowest BCUT2D eigenvalue weighted by Crippen LogP contribution is -2.48. The minimum Gasteiger partial charge on any atom is -0.392 e. The number of amides is 1. The van der Waals surface area contributed by atoms with E-state index in [4.69, 9.17) is 0 Å². The number of nitrogens with zero attached hydrogens (tertiary/aromatic N) is 5. The van der Waals surface area contributed by atoms with Gasteiger partial charge in [-0.1, -0.05) is 0 Å². The molecular formula is C18H26N6O2. The van der Waals surface area contributed by atoms with Crippen LogP contribution in [-0.4, -0.2) is 66.8 Å². The number of aryl methyl sites for hydroxylation is 2. The number of hydrogen-bond acceptors (Lipinski definition) is 5. The Balaban J connectivity index is 1.32. The molecule has 0 radical (unpaired) electrons. The zero-order chi connectivity index (χ0) is 17.9. The molecular weight excluding hydrogens is 332 g/mol. The zero-order valence-corrected chi connectivity index (χ0v) is 14.9. The van der Waals surface area contributed by atoms with Gasteiger partial charge in [-0.15, -0.1) is 0 Å². The van der Waals surface area contributed by atoms with Crippen LogP contribution in [0.4, 0.5) is 0 Å². The highest BCUT2D eigenvalue weighted by Crippen LogP contribution is 2.27. The standard InChI is InChI=1S/C18H26N6O2/c25-14-5-9-22(13-14)17-4-1-3-15(17)20-18(26)16-6-10-24(21-16)12-11-23-8-2-7-19-23/h2,6-8,10,14-15,17,25H,1,3-5,9,11-13H2,(H,20,26)/t14?,15-,17+/m1/s1. The molecule has 0 bridgehead atoms. The van der Waals surface area contributed by atoms with E-state index >= 15 is 0 Å². The van der Waals surface area contributed by atoms with Crippen LogP contribution in [0.3, 0.4) is 0 Å². The third kappa shape index (κ3) is 3.81. The average molecular weight is 358 g/mol. The number of aliphatic hydroxyl groups excluding tert-OH is 1. The highest BCUT2D eigenvalue weighted by molar-refractivity contribution is 5.92. The molecule has 3 heterocycles. The summed E-state index contributed by atoms with van der Waals surface area (Å²) in [6.07, 6.45) is 9.28. The molecule has 1 saturated carbocycles. The largest absolute Gasteiger partial charge is 0.392 e. The van der Waals surface area contributed by atoms with Crippen molar-refractivity contribution in [3.63, 3.8) is 0 Å². The number of likely N-dealkylation sites (tertiary alicyclic amines) is 1. The van der Waals surface area contributed by atoms with E-state index in [1.54, 1.807) is 16.9 Å². The Hall–Kier alpha value is -2.19. The Bertz CT molecular complexity index is 728. The molecule has 2 aromatic heterocycles. The topological polar surface area (TPSA) is 88.2 Å². The van der Waals surface area contributed by atoms with E-state index in [2.05, 4.69) is 20.4 Å². The molecule has 2 aliphatic rings. The molecule has 8 nitrogen and oxygen atoms in total. The molecule has 140 valence electrons. The van der Waals surface area contributed by atoms with E-state index in [1.165, 1.54) is 0 Å². The van der Waals surface area contributed by atoms with Crippen LogP contribution < -0.4 is 5.32 Å². The van der Waals surface area contributed by atoms with Crippen LogP contribution in [0.25, 0.3) is 0 Å². The van der Waals surface area contributed by atoms with Crippen molar-refractivity contribution < 1.29 is 9.90 Å². The Kier molecular flexibility index (Phi) is 5.03. The van der Waals surface area contributed by atoms with Gasteiger partial charge in [0.2, 0.25) is 0 Å². The predicted molar refractivity (Wildman–Crippen MR) is 95.5 cm³/mol. The zero-order valence-electron chi connectivity index (χ0n) is 14.9. The number of carbonyl (C=O) groups excluding carboxylic acids is 1. The summed E-state index contributed by atoms with van der Waals surface area (Å²) < 4.78 is 3.62. The van der Waals surface area contributed by atoms with Crippen molar-refractivity contribution in [3.05, 3.63) is 36.4 Å². The summed E-state index contributed by atoms with van der Waals surface area (Å²) in [6, 6.07) is 4.13. The molecule has 1 aliphatic heterocycles. The summed E-state index contributed by atoms with van der Waals surface area (Å²) >= 11 is 0. The highest BCUT2D eigenvalue weighted by Gasteiger charge is 2.36. The minimum atomic E-state index is -0.225. The van der Waals surface area contributed by atoms with Crippen LogP contribution in [-0.2, 0) is 13.1 Å². The molecule has 8 heteroatoms. The Morgan fingerprint density at radius 1 is 1.23 bits per heavy atom. The van der Waals surface area contributed by atoms with Gasteiger partial charge < -0.3 is 10.4 Å². The maximum Gasteiger partial charge on any atom is 0.272 e. The van der Waals surface area contributed by atoms with Crippen LogP contribution in [0.5, 0.6) is 0 Å². The molecule has 4 rings (SSSR count). The number of nitrogens with one attached hydrogen (secondary N) is 1. The number of aromatic nitrogens is 4. The van der Waals surface area contributed by atoms with Crippen LogP contribution in [0.1, 0.15) is 36.2 Å². The van der Waals surface area contributed by atoms with Crippen molar-refractivity contribution in [1.29, 1.82) is 0 Å². The van der Waals surface area contributed by atoms with Crippen molar-refractivity contribution in [2.24, 2.45) is 0 Å². The molecule has 3 atom stereocenters. The Labute approximate surface area is 152 Å². The van der Waals surface area contributed by atoms with Gasteiger partial charge in [0.25, 0.3) is 5.91 Å². The number of rotatable bonds is 6. The summed E-state index contributed by atoms with van der Waals surface area (Å²) in [5.41, 5.74) is 0.456. The van der Waals surface area contributed by atoms with Gasteiger partial charge in [-0.05, 0) is 37.8 Å². The maximum atomic E-state index is 12.6. The first-order chi connectivity index (χ1) is 12.7. The van der Waals surface area contributed by atoms with E-state index in [1.807, 2.05) is 23.1 Å².